The van der Waals surface area contributed by atoms with Gasteiger partial charge in [-0.25, -0.2) is 4.79 Å². The Morgan fingerprint density at radius 1 is 1.14 bits per heavy atom. The minimum absolute atomic E-state index is 0.0372. The molecule has 0 amide bonds. The molecule has 0 bridgehead atoms. The van der Waals surface area contributed by atoms with Crippen molar-refractivity contribution in [1.82, 2.24) is 0 Å². The van der Waals surface area contributed by atoms with Crippen molar-refractivity contribution in [1.29, 1.82) is 10.5 Å². The number of rotatable bonds is 5. The summed E-state index contributed by atoms with van der Waals surface area (Å²) < 4.78 is 5.55. The first kappa shape index (κ1) is 18.9. The largest absolute Gasteiger partial charge is 0.422 e. The number of hydrogen-bond donors (Lipinski definition) is 0. The maximum atomic E-state index is 12.5. The van der Waals surface area contributed by atoms with E-state index in [0.29, 0.717) is 17.6 Å². The van der Waals surface area contributed by atoms with E-state index in [1.54, 1.807) is 0 Å². The monoisotopic (exact) mass is 369 g/mol. The predicted octanol–water partition coefficient (Wildman–Crippen LogP) is 4.27. The second kappa shape index (κ2) is 8.24. The van der Waals surface area contributed by atoms with Crippen molar-refractivity contribution in [2.45, 2.75) is 13.3 Å². The average molecular weight is 369 g/mol. The van der Waals surface area contributed by atoms with Gasteiger partial charge >= 0.3 is 5.63 Å². The molecule has 2 aromatic carbocycles. The molecule has 138 valence electrons. The summed E-state index contributed by atoms with van der Waals surface area (Å²) in [4.78, 5) is 14.5. The Morgan fingerprint density at radius 2 is 1.93 bits per heavy atom. The van der Waals surface area contributed by atoms with Crippen LogP contribution in [0.25, 0.3) is 17.0 Å². The van der Waals surface area contributed by atoms with Gasteiger partial charge in [-0.3, -0.25) is 0 Å². The molecule has 3 aromatic rings. The molecule has 0 radical (unpaired) electrons. The number of nitriles is 2. The highest BCUT2D eigenvalue weighted by Crippen LogP contribution is 2.22. The highest BCUT2D eigenvalue weighted by Gasteiger charge is 2.09. The molecule has 0 N–H and O–H groups in total. The van der Waals surface area contributed by atoms with Crippen molar-refractivity contribution < 1.29 is 4.42 Å². The summed E-state index contributed by atoms with van der Waals surface area (Å²) in [6.07, 6.45) is 1.93. The van der Waals surface area contributed by atoms with Gasteiger partial charge in [0, 0.05) is 42.7 Å². The first-order valence-corrected chi connectivity index (χ1v) is 8.92. The third kappa shape index (κ3) is 4.11. The zero-order valence-corrected chi connectivity index (χ0v) is 15.8. The molecule has 1 aromatic heterocycles. The Bertz CT molecular complexity index is 1180. The van der Waals surface area contributed by atoms with Gasteiger partial charge in [-0.1, -0.05) is 24.3 Å². The van der Waals surface area contributed by atoms with E-state index in [2.05, 4.69) is 11.8 Å². The normalized spacial score (nSPS) is 10.1. The quantitative estimate of drug-likeness (QED) is 0.495. The van der Waals surface area contributed by atoms with Crippen LogP contribution >= 0.6 is 0 Å². The fourth-order valence-electron chi connectivity index (χ4n) is 2.95. The highest BCUT2D eigenvalue weighted by molar-refractivity contribution is 5.81. The van der Waals surface area contributed by atoms with Crippen LogP contribution in [-0.2, 0) is 6.42 Å². The van der Waals surface area contributed by atoms with Crippen molar-refractivity contribution in [2.75, 3.05) is 18.5 Å². The van der Waals surface area contributed by atoms with E-state index < -0.39 is 0 Å². The molecule has 0 saturated carbocycles. The topological polar surface area (TPSA) is 81.0 Å². The lowest BCUT2D eigenvalue weighted by Gasteiger charge is -2.16. The molecule has 3 rings (SSSR count). The SMILES string of the molecule is CCN(C)c1ccc2cc(Cc3cccc(C=C(C#N)C#N)c3)c(=O)oc2c1. The van der Waals surface area contributed by atoms with Gasteiger partial charge in [0.05, 0.1) is 0 Å². The van der Waals surface area contributed by atoms with Crippen molar-refractivity contribution in [3.05, 3.63) is 81.2 Å². The highest BCUT2D eigenvalue weighted by atomic mass is 16.4. The van der Waals surface area contributed by atoms with Crippen molar-refractivity contribution in [2.24, 2.45) is 0 Å². The first-order chi connectivity index (χ1) is 13.5. The van der Waals surface area contributed by atoms with Crippen LogP contribution in [0.2, 0.25) is 0 Å². The molecular weight excluding hydrogens is 350 g/mol. The van der Waals surface area contributed by atoms with E-state index in [4.69, 9.17) is 14.9 Å². The Hall–Kier alpha value is -3.83. The number of fused-ring (bicyclic) bond motifs is 1. The van der Waals surface area contributed by atoms with E-state index in [1.807, 2.05) is 67.7 Å². The summed E-state index contributed by atoms with van der Waals surface area (Å²) in [5.41, 5.74) is 3.44. The molecule has 0 aliphatic carbocycles. The van der Waals surface area contributed by atoms with Gasteiger partial charge in [0.25, 0.3) is 0 Å². The number of anilines is 1. The molecule has 0 atom stereocenters. The molecule has 0 fully saturated rings. The Kier molecular flexibility index (Phi) is 5.58. The predicted molar refractivity (Wildman–Crippen MR) is 110 cm³/mol. The van der Waals surface area contributed by atoms with Gasteiger partial charge in [0.2, 0.25) is 0 Å². The number of benzene rings is 2. The fourth-order valence-corrected chi connectivity index (χ4v) is 2.95. The molecule has 0 aliphatic heterocycles. The summed E-state index contributed by atoms with van der Waals surface area (Å²) >= 11 is 0. The van der Waals surface area contributed by atoms with E-state index in [1.165, 1.54) is 6.08 Å². The van der Waals surface area contributed by atoms with Gasteiger partial charge < -0.3 is 9.32 Å². The molecule has 5 heteroatoms. The Labute approximate surface area is 163 Å². The van der Waals surface area contributed by atoms with Crippen LogP contribution in [0.5, 0.6) is 0 Å². The number of nitrogens with zero attached hydrogens (tertiary/aromatic N) is 3. The smallest absolute Gasteiger partial charge is 0.339 e. The zero-order valence-electron chi connectivity index (χ0n) is 15.8. The van der Waals surface area contributed by atoms with Crippen LogP contribution in [0, 0.1) is 22.7 Å². The lowest BCUT2D eigenvalue weighted by molar-refractivity contribution is 0.552. The lowest BCUT2D eigenvalue weighted by Crippen LogP contribution is -2.15. The molecule has 0 aliphatic rings. The van der Waals surface area contributed by atoms with Crippen LogP contribution in [-0.4, -0.2) is 13.6 Å². The molecule has 0 unspecified atom stereocenters. The maximum Gasteiger partial charge on any atom is 0.339 e. The molecule has 0 saturated heterocycles. The molecule has 1 heterocycles. The molecule has 5 nitrogen and oxygen atoms in total. The Balaban J connectivity index is 1.94. The number of allylic oxidation sites excluding steroid dienone is 1. The summed E-state index contributed by atoms with van der Waals surface area (Å²) in [7, 11) is 1.99. The van der Waals surface area contributed by atoms with E-state index >= 15 is 0 Å². The third-order valence-corrected chi connectivity index (χ3v) is 4.60. The van der Waals surface area contributed by atoms with Gasteiger partial charge in [-0.2, -0.15) is 10.5 Å². The summed E-state index contributed by atoms with van der Waals surface area (Å²) in [5, 5.41) is 18.7. The van der Waals surface area contributed by atoms with Gasteiger partial charge in [-0.05, 0) is 42.3 Å². The van der Waals surface area contributed by atoms with Crippen molar-refractivity contribution in [3.8, 4) is 12.1 Å². The second-order valence-electron chi connectivity index (χ2n) is 6.50. The van der Waals surface area contributed by atoms with Crippen molar-refractivity contribution >= 4 is 22.7 Å². The lowest BCUT2D eigenvalue weighted by atomic mass is 10.0. The minimum Gasteiger partial charge on any atom is -0.422 e. The third-order valence-electron chi connectivity index (χ3n) is 4.60. The molecular formula is C23H19N3O2. The van der Waals surface area contributed by atoms with Crippen LogP contribution in [0.4, 0.5) is 5.69 Å². The molecule has 28 heavy (non-hydrogen) atoms. The van der Waals surface area contributed by atoms with Crippen LogP contribution < -0.4 is 10.5 Å². The van der Waals surface area contributed by atoms with Crippen LogP contribution in [0.3, 0.4) is 0 Å². The van der Waals surface area contributed by atoms with Gasteiger partial charge in [0.15, 0.2) is 0 Å². The molecule has 0 spiro atoms. The second-order valence-corrected chi connectivity index (χ2v) is 6.50. The average Bonchev–Trinajstić information content (AvgIpc) is 2.72. The zero-order chi connectivity index (χ0) is 20.1. The summed E-state index contributed by atoms with van der Waals surface area (Å²) in [6.45, 7) is 2.92. The fraction of sp³-hybridized carbons (Fsp3) is 0.174. The van der Waals surface area contributed by atoms with E-state index in [9.17, 15) is 4.79 Å². The van der Waals surface area contributed by atoms with Crippen molar-refractivity contribution in [3.63, 3.8) is 0 Å². The summed E-state index contributed by atoms with van der Waals surface area (Å²) in [6, 6.07) is 18.8. The van der Waals surface area contributed by atoms with Crippen LogP contribution in [0.1, 0.15) is 23.6 Å². The standard InChI is InChI=1S/C23H19N3O2/c1-3-26(2)21-8-7-19-12-20(23(27)28-22(19)13-21)11-17-6-4-5-16(9-17)10-18(14-24)15-25/h4-10,12-13H,3,11H2,1-2H3. The van der Waals surface area contributed by atoms with Gasteiger partial charge in [-0.15, -0.1) is 0 Å². The first-order valence-electron chi connectivity index (χ1n) is 8.92. The minimum atomic E-state index is -0.362. The maximum absolute atomic E-state index is 12.5. The Morgan fingerprint density at radius 3 is 2.64 bits per heavy atom. The van der Waals surface area contributed by atoms with Gasteiger partial charge in [0.1, 0.15) is 23.3 Å². The number of hydrogen-bond acceptors (Lipinski definition) is 5. The van der Waals surface area contributed by atoms with Crippen LogP contribution in [0.15, 0.2) is 63.3 Å². The van der Waals surface area contributed by atoms with E-state index in [0.717, 1.165) is 28.7 Å². The van der Waals surface area contributed by atoms with E-state index in [-0.39, 0.29) is 11.2 Å². The summed E-state index contributed by atoms with van der Waals surface area (Å²) in [5.74, 6) is 0.